The highest BCUT2D eigenvalue weighted by atomic mass is 32.2. The standard InChI is InChI=1S/C21H30FN3O4S/c1-21(20(27)23-17-8-6-4-3-5-7-9-17)15-24(30(2,28)29)14-19(26)25(21)18-12-10-16(22)11-13-18/h10-13,17H,3-9,14-15H2,1-2H3,(H,23,27)/t21-/m1/s1. The van der Waals surface area contributed by atoms with Gasteiger partial charge in [0.2, 0.25) is 21.8 Å². The van der Waals surface area contributed by atoms with E-state index in [0.717, 1.165) is 49.1 Å². The summed E-state index contributed by atoms with van der Waals surface area (Å²) in [4.78, 5) is 27.8. The van der Waals surface area contributed by atoms with Crippen LogP contribution in [0.15, 0.2) is 24.3 Å². The first-order valence-corrected chi connectivity index (χ1v) is 12.3. The van der Waals surface area contributed by atoms with Crippen molar-refractivity contribution in [1.29, 1.82) is 0 Å². The number of carbonyl (C=O) groups excluding carboxylic acids is 2. The van der Waals surface area contributed by atoms with Crippen LogP contribution in [-0.2, 0) is 19.6 Å². The zero-order valence-corrected chi connectivity index (χ0v) is 18.4. The summed E-state index contributed by atoms with van der Waals surface area (Å²) in [6.45, 7) is 1.06. The summed E-state index contributed by atoms with van der Waals surface area (Å²) in [6.07, 6.45) is 8.27. The fraction of sp³-hybridized carbons (Fsp3) is 0.619. The van der Waals surface area contributed by atoms with Crippen LogP contribution in [0.3, 0.4) is 0 Å². The summed E-state index contributed by atoms with van der Waals surface area (Å²) in [5.74, 6) is -1.37. The Kier molecular flexibility index (Phi) is 6.81. The summed E-state index contributed by atoms with van der Waals surface area (Å²) in [5.41, 5.74) is -1.08. The fourth-order valence-corrected chi connectivity index (χ4v) is 5.17. The molecule has 1 aliphatic carbocycles. The first-order valence-electron chi connectivity index (χ1n) is 10.5. The largest absolute Gasteiger partial charge is 0.351 e. The van der Waals surface area contributed by atoms with Crippen LogP contribution >= 0.6 is 0 Å². The van der Waals surface area contributed by atoms with E-state index in [0.29, 0.717) is 5.69 Å². The van der Waals surface area contributed by atoms with E-state index in [1.807, 2.05) is 0 Å². The molecule has 1 saturated carbocycles. The number of nitrogens with zero attached hydrogens (tertiary/aromatic N) is 2. The van der Waals surface area contributed by atoms with Crippen LogP contribution in [0.4, 0.5) is 10.1 Å². The van der Waals surface area contributed by atoms with Gasteiger partial charge >= 0.3 is 0 Å². The summed E-state index contributed by atoms with van der Waals surface area (Å²) in [7, 11) is -3.67. The van der Waals surface area contributed by atoms with Crippen molar-refractivity contribution in [1.82, 2.24) is 9.62 Å². The molecule has 1 aromatic carbocycles. The number of nitrogens with one attached hydrogen (secondary N) is 1. The summed E-state index contributed by atoms with van der Waals surface area (Å²) in [6, 6.07) is 5.31. The maximum Gasteiger partial charge on any atom is 0.247 e. The summed E-state index contributed by atoms with van der Waals surface area (Å²) in [5, 5.41) is 3.07. The van der Waals surface area contributed by atoms with Gasteiger partial charge in [0.25, 0.3) is 0 Å². The number of anilines is 1. The Balaban J connectivity index is 1.92. The van der Waals surface area contributed by atoms with Gasteiger partial charge in [-0.1, -0.05) is 32.1 Å². The molecular weight excluding hydrogens is 409 g/mol. The van der Waals surface area contributed by atoms with E-state index in [2.05, 4.69) is 5.32 Å². The van der Waals surface area contributed by atoms with Gasteiger partial charge in [-0.25, -0.2) is 12.8 Å². The molecular formula is C21H30FN3O4S. The molecule has 3 rings (SSSR count). The molecule has 0 aromatic heterocycles. The van der Waals surface area contributed by atoms with Gasteiger partial charge in [0.1, 0.15) is 11.4 Å². The highest BCUT2D eigenvalue weighted by Crippen LogP contribution is 2.31. The highest BCUT2D eigenvalue weighted by molar-refractivity contribution is 7.88. The molecule has 30 heavy (non-hydrogen) atoms. The molecule has 166 valence electrons. The van der Waals surface area contributed by atoms with Crippen molar-refractivity contribution in [3.63, 3.8) is 0 Å². The SMILES string of the molecule is C[C@]1(C(=O)NC2CCCCCCC2)CN(S(C)(=O)=O)CC(=O)N1c1ccc(F)cc1. The lowest BCUT2D eigenvalue weighted by molar-refractivity contribution is -0.133. The quantitative estimate of drug-likeness (QED) is 0.781. The second-order valence-electron chi connectivity index (χ2n) is 8.53. The van der Waals surface area contributed by atoms with E-state index in [1.54, 1.807) is 6.92 Å². The molecule has 1 aliphatic heterocycles. The topological polar surface area (TPSA) is 86.8 Å². The van der Waals surface area contributed by atoms with E-state index in [9.17, 15) is 22.4 Å². The Hall–Kier alpha value is -2.00. The van der Waals surface area contributed by atoms with Crippen molar-refractivity contribution in [2.45, 2.75) is 63.5 Å². The number of sulfonamides is 1. The van der Waals surface area contributed by atoms with Crippen molar-refractivity contribution in [2.24, 2.45) is 0 Å². The number of halogens is 1. The molecule has 9 heteroatoms. The van der Waals surface area contributed by atoms with Gasteiger partial charge < -0.3 is 5.32 Å². The van der Waals surface area contributed by atoms with Gasteiger partial charge in [-0.15, -0.1) is 0 Å². The van der Waals surface area contributed by atoms with E-state index < -0.39 is 27.3 Å². The van der Waals surface area contributed by atoms with Gasteiger partial charge in [-0.05, 0) is 44.0 Å². The van der Waals surface area contributed by atoms with Gasteiger partial charge in [0, 0.05) is 18.3 Å². The van der Waals surface area contributed by atoms with Crippen LogP contribution in [0.1, 0.15) is 51.9 Å². The fourth-order valence-electron chi connectivity index (χ4n) is 4.34. The van der Waals surface area contributed by atoms with Crippen LogP contribution in [0.5, 0.6) is 0 Å². The van der Waals surface area contributed by atoms with Crippen molar-refractivity contribution in [3.8, 4) is 0 Å². The molecule has 2 fully saturated rings. The second kappa shape index (κ2) is 9.01. The van der Waals surface area contributed by atoms with Gasteiger partial charge in [-0.3, -0.25) is 14.5 Å². The third kappa shape index (κ3) is 5.00. The molecule has 1 atom stereocenters. The van der Waals surface area contributed by atoms with Gasteiger partial charge in [0.05, 0.1) is 12.8 Å². The number of rotatable bonds is 4. The predicted molar refractivity (Wildman–Crippen MR) is 113 cm³/mol. The number of amides is 2. The first kappa shape index (κ1) is 22.7. The zero-order valence-electron chi connectivity index (χ0n) is 17.6. The Bertz CT molecular complexity index is 882. The minimum Gasteiger partial charge on any atom is -0.351 e. The first-order chi connectivity index (χ1) is 14.1. The number of hydrogen-bond donors (Lipinski definition) is 1. The zero-order chi connectivity index (χ0) is 21.9. The maximum atomic E-state index is 13.5. The van der Waals surface area contributed by atoms with Crippen molar-refractivity contribution in [2.75, 3.05) is 24.2 Å². The van der Waals surface area contributed by atoms with Gasteiger partial charge in [0.15, 0.2) is 0 Å². The van der Waals surface area contributed by atoms with Crippen LogP contribution in [-0.4, -0.2) is 55.5 Å². The Morgan fingerprint density at radius 1 is 1.10 bits per heavy atom. The third-order valence-corrected chi connectivity index (χ3v) is 7.22. The molecule has 1 saturated heterocycles. The molecule has 0 spiro atoms. The number of piperazine rings is 1. The molecule has 7 nitrogen and oxygen atoms in total. The van der Waals surface area contributed by atoms with Gasteiger partial charge in [-0.2, -0.15) is 4.31 Å². The Morgan fingerprint density at radius 3 is 2.23 bits per heavy atom. The third-order valence-electron chi connectivity index (χ3n) is 6.02. The van der Waals surface area contributed by atoms with E-state index >= 15 is 0 Å². The lowest BCUT2D eigenvalue weighted by Gasteiger charge is -2.47. The number of hydrogen-bond acceptors (Lipinski definition) is 4. The molecule has 2 amide bonds. The summed E-state index contributed by atoms with van der Waals surface area (Å²) >= 11 is 0. The maximum absolute atomic E-state index is 13.5. The lowest BCUT2D eigenvalue weighted by Crippen LogP contribution is -2.70. The predicted octanol–water partition coefficient (Wildman–Crippen LogP) is 2.42. The van der Waals surface area contributed by atoms with E-state index in [-0.39, 0.29) is 25.0 Å². The summed E-state index contributed by atoms with van der Waals surface area (Å²) < 4.78 is 38.8. The van der Waals surface area contributed by atoms with Crippen LogP contribution in [0.2, 0.25) is 0 Å². The van der Waals surface area contributed by atoms with E-state index in [4.69, 9.17) is 0 Å². The smallest absolute Gasteiger partial charge is 0.247 e. The second-order valence-corrected chi connectivity index (χ2v) is 10.5. The average Bonchev–Trinajstić information content (AvgIpc) is 2.64. The Morgan fingerprint density at radius 2 is 1.67 bits per heavy atom. The average molecular weight is 440 g/mol. The van der Waals surface area contributed by atoms with Crippen LogP contribution < -0.4 is 10.2 Å². The molecule has 2 aliphatic rings. The van der Waals surface area contributed by atoms with Crippen molar-refractivity contribution >= 4 is 27.5 Å². The number of benzene rings is 1. The lowest BCUT2D eigenvalue weighted by atomic mass is 9.92. The highest BCUT2D eigenvalue weighted by Gasteiger charge is 2.50. The van der Waals surface area contributed by atoms with Crippen molar-refractivity contribution < 1.29 is 22.4 Å². The van der Waals surface area contributed by atoms with Crippen LogP contribution in [0.25, 0.3) is 0 Å². The van der Waals surface area contributed by atoms with Crippen LogP contribution in [0, 0.1) is 5.82 Å². The monoisotopic (exact) mass is 439 g/mol. The number of carbonyl (C=O) groups is 2. The molecule has 1 N–H and O–H groups in total. The van der Waals surface area contributed by atoms with E-state index in [1.165, 1.54) is 35.6 Å². The van der Waals surface area contributed by atoms with Crippen molar-refractivity contribution in [3.05, 3.63) is 30.1 Å². The normalized spacial score (nSPS) is 24.9. The molecule has 1 heterocycles. The minimum atomic E-state index is -3.67. The molecule has 0 radical (unpaired) electrons. The molecule has 1 aromatic rings. The molecule has 0 unspecified atom stereocenters. The Labute approximate surface area is 177 Å². The molecule has 0 bridgehead atoms. The minimum absolute atomic E-state index is 0.00611.